The number of rotatable bonds is 6. The topological polar surface area (TPSA) is 42.3 Å². The third-order valence-corrected chi connectivity index (χ3v) is 0.823. The molecule has 0 bridgehead atoms. The molecule has 0 fully saturated rings. The highest BCUT2D eigenvalue weighted by atomic mass is 16.5. The summed E-state index contributed by atoms with van der Waals surface area (Å²) in [5.74, 6) is 0. The number of nitrogens with one attached hydrogen (secondary N) is 1. The normalized spacial score (nSPS) is 10.0. The Morgan fingerprint density at radius 3 is 2.33 bits per heavy atom. The average Bonchev–Trinajstić information content (AvgIpc) is 1.89. The van der Waals surface area contributed by atoms with Gasteiger partial charge in [0.05, 0.1) is 19.8 Å². The lowest BCUT2D eigenvalue weighted by atomic mass is 10.7. The minimum Gasteiger partial charge on any atom is -0.379 e. The van der Waals surface area contributed by atoms with Crippen molar-refractivity contribution < 1.29 is 9.47 Å². The van der Waals surface area contributed by atoms with Crippen LogP contribution in [0.15, 0.2) is 0 Å². The molecule has 1 radical (unpaired) electrons. The maximum Gasteiger partial charge on any atom is 0.0701 e. The first-order valence-corrected chi connectivity index (χ1v) is 3.22. The molecule has 3 nitrogen and oxygen atoms in total. The van der Waals surface area contributed by atoms with E-state index in [1.54, 1.807) is 0 Å². The van der Waals surface area contributed by atoms with Gasteiger partial charge in [0.15, 0.2) is 0 Å². The van der Waals surface area contributed by atoms with Crippen LogP contribution in [0, 0.1) is 0 Å². The first-order chi connectivity index (χ1) is 4.41. The molecule has 0 amide bonds. The minimum absolute atomic E-state index is 0.339. The standard InChI is InChI=1S/C6H14NO2/c1-2-8-5-6-9-4-3-7/h7H,2-6H2,1H3. The van der Waals surface area contributed by atoms with E-state index in [2.05, 4.69) is 0 Å². The second-order valence-electron chi connectivity index (χ2n) is 1.56. The van der Waals surface area contributed by atoms with Crippen LogP contribution in [-0.2, 0) is 9.47 Å². The van der Waals surface area contributed by atoms with E-state index < -0.39 is 0 Å². The zero-order valence-electron chi connectivity index (χ0n) is 5.85. The van der Waals surface area contributed by atoms with Crippen LogP contribution >= 0.6 is 0 Å². The van der Waals surface area contributed by atoms with E-state index in [1.165, 1.54) is 0 Å². The smallest absolute Gasteiger partial charge is 0.0701 e. The Morgan fingerprint density at radius 2 is 1.78 bits per heavy atom. The van der Waals surface area contributed by atoms with Gasteiger partial charge >= 0.3 is 0 Å². The molecule has 0 aliphatic rings. The van der Waals surface area contributed by atoms with Crippen LogP contribution in [-0.4, -0.2) is 33.0 Å². The van der Waals surface area contributed by atoms with Crippen molar-refractivity contribution >= 4 is 0 Å². The molecule has 0 aliphatic heterocycles. The van der Waals surface area contributed by atoms with Gasteiger partial charge in [-0.3, -0.25) is 5.73 Å². The van der Waals surface area contributed by atoms with Crippen LogP contribution in [0.25, 0.3) is 0 Å². The van der Waals surface area contributed by atoms with Crippen LogP contribution in [0.5, 0.6) is 0 Å². The van der Waals surface area contributed by atoms with Crippen LogP contribution in [0.3, 0.4) is 0 Å². The number of hydrogen-bond donors (Lipinski definition) is 0. The molecule has 0 aromatic carbocycles. The van der Waals surface area contributed by atoms with Gasteiger partial charge in [0.1, 0.15) is 0 Å². The predicted octanol–water partition coefficient (Wildman–Crippen LogP) is 0.322. The van der Waals surface area contributed by atoms with Crippen LogP contribution in [0.1, 0.15) is 6.92 Å². The molecule has 1 N–H and O–H groups in total. The molecule has 3 heteroatoms. The Kier molecular flexibility index (Phi) is 7.77. The first-order valence-electron chi connectivity index (χ1n) is 3.22. The maximum absolute atomic E-state index is 6.72. The molecule has 0 rings (SSSR count). The van der Waals surface area contributed by atoms with E-state index in [0.717, 1.165) is 6.61 Å². The van der Waals surface area contributed by atoms with Gasteiger partial charge < -0.3 is 9.47 Å². The molecule has 0 saturated heterocycles. The van der Waals surface area contributed by atoms with Crippen LogP contribution in [0.2, 0.25) is 0 Å². The van der Waals surface area contributed by atoms with E-state index >= 15 is 0 Å². The van der Waals surface area contributed by atoms with Gasteiger partial charge in [-0.2, -0.15) is 0 Å². The highest BCUT2D eigenvalue weighted by molar-refractivity contribution is 4.30. The summed E-state index contributed by atoms with van der Waals surface area (Å²) in [6, 6.07) is 0. The molecule has 0 spiro atoms. The lowest BCUT2D eigenvalue weighted by Crippen LogP contribution is -2.07. The Hall–Kier alpha value is -0.120. The van der Waals surface area contributed by atoms with Crippen LogP contribution < -0.4 is 5.73 Å². The molecule has 0 heterocycles. The Labute approximate surface area is 56.1 Å². The van der Waals surface area contributed by atoms with Gasteiger partial charge in [0.2, 0.25) is 0 Å². The molecule has 0 unspecified atom stereocenters. The van der Waals surface area contributed by atoms with Crippen molar-refractivity contribution in [3.05, 3.63) is 0 Å². The summed E-state index contributed by atoms with van der Waals surface area (Å²) in [4.78, 5) is 0. The summed E-state index contributed by atoms with van der Waals surface area (Å²) in [6.45, 7) is 4.82. The van der Waals surface area contributed by atoms with Crippen molar-refractivity contribution in [1.82, 2.24) is 5.73 Å². The molecular formula is C6H14NO2. The third kappa shape index (κ3) is 7.88. The van der Waals surface area contributed by atoms with Gasteiger partial charge in [-0.15, -0.1) is 0 Å². The molecule has 0 aromatic rings. The Balaban J connectivity index is 2.60. The quantitative estimate of drug-likeness (QED) is 0.488. The average molecular weight is 132 g/mol. The zero-order valence-corrected chi connectivity index (χ0v) is 5.85. The van der Waals surface area contributed by atoms with Gasteiger partial charge in [-0.1, -0.05) is 0 Å². The van der Waals surface area contributed by atoms with E-state index in [0.29, 0.717) is 26.4 Å². The maximum atomic E-state index is 6.72. The fourth-order valence-corrected chi connectivity index (χ4v) is 0.436. The lowest BCUT2D eigenvalue weighted by Gasteiger charge is -2.00. The Bertz CT molecular complexity index is 44.3. The second-order valence-corrected chi connectivity index (χ2v) is 1.56. The van der Waals surface area contributed by atoms with Crippen molar-refractivity contribution in [3.8, 4) is 0 Å². The molecule has 0 aromatic heterocycles. The summed E-state index contributed by atoms with van der Waals surface area (Å²) >= 11 is 0. The predicted molar refractivity (Wildman–Crippen MR) is 35.3 cm³/mol. The fourth-order valence-electron chi connectivity index (χ4n) is 0.436. The molecule has 0 aliphatic carbocycles. The summed E-state index contributed by atoms with van der Waals surface area (Å²) in [5, 5.41) is 0. The fraction of sp³-hybridized carbons (Fsp3) is 1.00. The minimum atomic E-state index is 0.339. The van der Waals surface area contributed by atoms with Gasteiger partial charge in [-0.25, -0.2) is 0 Å². The summed E-state index contributed by atoms with van der Waals surface area (Å²) in [7, 11) is 0. The monoisotopic (exact) mass is 132 g/mol. The SMILES string of the molecule is CCOCCOCC[NH]. The van der Waals surface area contributed by atoms with Gasteiger partial charge in [-0.05, 0) is 6.92 Å². The number of ether oxygens (including phenoxy) is 2. The molecule has 55 valence electrons. The van der Waals surface area contributed by atoms with E-state index in [-0.39, 0.29) is 0 Å². The van der Waals surface area contributed by atoms with E-state index in [9.17, 15) is 0 Å². The highest BCUT2D eigenvalue weighted by Gasteiger charge is 1.84. The lowest BCUT2D eigenvalue weighted by molar-refractivity contribution is 0.0557. The summed E-state index contributed by atoms with van der Waals surface area (Å²) in [6.07, 6.45) is 0. The van der Waals surface area contributed by atoms with Crippen molar-refractivity contribution in [3.63, 3.8) is 0 Å². The highest BCUT2D eigenvalue weighted by Crippen LogP contribution is 1.75. The zero-order chi connectivity index (χ0) is 6.95. The molecular weight excluding hydrogens is 118 g/mol. The van der Waals surface area contributed by atoms with Gasteiger partial charge in [0, 0.05) is 13.2 Å². The van der Waals surface area contributed by atoms with Crippen molar-refractivity contribution in [2.75, 3.05) is 33.0 Å². The molecule has 0 atom stereocenters. The first kappa shape index (κ1) is 8.88. The number of hydrogen-bond acceptors (Lipinski definition) is 2. The van der Waals surface area contributed by atoms with Crippen LogP contribution in [0.4, 0.5) is 0 Å². The molecule has 0 saturated carbocycles. The van der Waals surface area contributed by atoms with E-state index in [1.807, 2.05) is 6.92 Å². The van der Waals surface area contributed by atoms with Crippen molar-refractivity contribution in [1.29, 1.82) is 0 Å². The summed E-state index contributed by atoms with van der Waals surface area (Å²) in [5.41, 5.74) is 6.72. The van der Waals surface area contributed by atoms with Crippen molar-refractivity contribution in [2.24, 2.45) is 0 Å². The second kappa shape index (κ2) is 7.88. The van der Waals surface area contributed by atoms with Gasteiger partial charge in [0.25, 0.3) is 0 Å². The van der Waals surface area contributed by atoms with E-state index in [4.69, 9.17) is 15.2 Å². The molecule has 9 heavy (non-hydrogen) atoms. The largest absolute Gasteiger partial charge is 0.379 e. The Morgan fingerprint density at radius 1 is 1.11 bits per heavy atom. The third-order valence-electron chi connectivity index (χ3n) is 0.823. The summed E-state index contributed by atoms with van der Waals surface area (Å²) < 4.78 is 9.97. The van der Waals surface area contributed by atoms with Crippen molar-refractivity contribution in [2.45, 2.75) is 6.92 Å².